The smallest absolute Gasteiger partial charge is 0.224 e. The number of rotatable bonds is 4. The molecule has 1 aliphatic rings. The maximum atomic E-state index is 12.3. The Bertz CT molecular complexity index is 809. The number of hydrogen-bond acceptors (Lipinski definition) is 4. The third-order valence-corrected chi connectivity index (χ3v) is 4.41. The van der Waals surface area contributed by atoms with Crippen LogP contribution in [0.15, 0.2) is 30.3 Å². The summed E-state index contributed by atoms with van der Waals surface area (Å²) in [5.74, 6) is 1.36. The summed E-state index contributed by atoms with van der Waals surface area (Å²) in [6, 6.07) is 9.60. The van der Waals surface area contributed by atoms with Crippen LogP contribution in [0.3, 0.4) is 0 Å². The van der Waals surface area contributed by atoms with E-state index < -0.39 is 0 Å². The second-order valence-electron chi connectivity index (χ2n) is 7.60. The van der Waals surface area contributed by atoms with Gasteiger partial charge in [-0.3, -0.25) is 9.78 Å². The van der Waals surface area contributed by atoms with E-state index in [0.29, 0.717) is 31.8 Å². The molecule has 3 rings (SSSR count). The molecule has 1 N–H and O–H groups in total. The van der Waals surface area contributed by atoms with E-state index >= 15 is 0 Å². The van der Waals surface area contributed by atoms with Crippen LogP contribution in [0.1, 0.15) is 44.1 Å². The van der Waals surface area contributed by atoms with Gasteiger partial charge in [0.2, 0.25) is 5.91 Å². The van der Waals surface area contributed by atoms with Crippen LogP contribution in [0.5, 0.6) is 11.5 Å². The monoisotopic (exact) mass is 354 g/mol. The minimum atomic E-state index is -0.0269. The molecule has 5 heteroatoms. The Hall–Kier alpha value is -2.56. The summed E-state index contributed by atoms with van der Waals surface area (Å²) in [6.07, 6.45) is 1.07. The number of carbonyl (C=O) groups is 1. The van der Waals surface area contributed by atoms with Gasteiger partial charge in [0.05, 0.1) is 0 Å². The van der Waals surface area contributed by atoms with Crippen LogP contribution >= 0.6 is 0 Å². The summed E-state index contributed by atoms with van der Waals surface area (Å²) < 4.78 is 11.0. The van der Waals surface area contributed by atoms with Crippen molar-refractivity contribution >= 4 is 11.6 Å². The summed E-state index contributed by atoms with van der Waals surface area (Å²) in [7, 11) is 0. The number of fused-ring (bicyclic) bond motifs is 1. The summed E-state index contributed by atoms with van der Waals surface area (Å²) in [4.78, 5) is 17.0. The summed E-state index contributed by atoms with van der Waals surface area (Å²) in [5, 5.41) is 2.92. The highest BCUT2D eigenvalue weighted by molar-refractivity contribution is 5.91. The molecule has 1 amide bonds. The molecule has 0 unspecified atom stereocenters. The highest BCUT2D eigenvalue weighted by atomic mass is 16.6. The average molecular weight is 354 g/mol. The minimum absolute atomic E-state index is 0.0267. The van der Waals surface area contributed by atoms with Crippen molar-refractivity contribution in [2.75, 3.05) is 18.5 Å². The fourth-order valence-corrected chi connectivity index (χ4v) is 2.86. The second-order valence-corrected chi connectivity index (χ2v) is 7.60. The van der Waals surface area contributed by atoms with Gasteiger partial charge in [0.1, 0.15) is 13.2 Å². The molecule has 138 valence electrons. The van der Waals surface area contributed by atoms with Gasteiger partial charge in [0.25, 0.3) is 0 Å². The molecule has 0 fully saturated rings. The standard InChI is InChI=1S/C21H26N2O3/c1-14-15(5-9-19(22-14)21(2,3)4)6-10-20(24)23-16-7-8-17-18(13-16)26-12-11-25-17/h5,7-9,13H,6,10-12H2,1-4H3,(H,23,24). The van der Waals surface area contributed by atoms with Gasteiger partial charge < -0.3 is 14.8 Å². The van der Waals surface area contributed by atoms with E-state index in [1.54, 1.807) is 6.07 Å². The Balaban J connectivity index is 1.59. The molecule has 0 atom stereocenters. The van der Waals surface area contributed by atoms with Crippen molar-refractivity contribution < 1.29 is 14.3 Å². The van der Waals surface area contributed by atoms with Crippen molar-refractivity contribution in [1.82, 2.24) is 4.98 Å². The van der Waals surface area contributed by atoms with E-state index in [4.69, 9.17) is 14.5 Å². The van der Waals surface area contributed by atoms with E-state index in [1.165, 1.54) is 0 Å². The van der Waals surface area contributed by atoms with E-state index in [1.807, 2.05) is 19.1 Å². The molecule has 0 saturated carbocycles. The van der Waals surface area contributed by atoms with Crippen molar-refractivity contribution in [2.24, 2.45) is 0 Å². The minimum Gasteiger partial charge on any atom is -0.486 e. The molecule has 1 aromatic heterocycles. The Morgan fingerprint density at radius 3 is 2.54 bits per heavy atom. The Morgan fingerprint density at radius 1 is 1.12 bits per heavy atom. The highest BCUT2D eigenvalue weighted by Gasteiger charge is 2.17. The van der Waals surface area contributed by atoms with Gasteiger partial charge in [-0.05, 0) is 37.1 Å². The van der Waals surface area contributed by atoms with Crippen LogP contribution in [0, 0.1) is 6.92 Å². The van der Waals surface area contributed by atoms with E-state index in [0.717, 1.165) is 28.4 Å². The Kier molecular flexibility index (Phi) is 5.16. The number of aromatic nitrogens is 1. The molecule has 1 aromatic carbocycles. The van der Waals surface area contributed by atoms with Gasteiger partial charge >= 0.3 is 0 Å². The molecule has 0 bridgehead atoms. The third-order valence-electron chi connectivity index (χ3n) is 4.41. The normalized spacial score (nSPS) is 13.4. The van der Waals surface area contributed by atoms with Gasteiger partial charge in [-0.1, -0.05) is 26.8 Å². The summed E-state index contributed by atoms with van der Waals surface area (Å²) in [6.45, 7) is 9.53. The van der Waals surface area contributed by atoms with E-state index in [2.05, 4.69) is 38.2 Å². The second kappa shape index (κ2) is 7.36. The number of benzene rings is 1. The molecule has 0 saturated heterocycles. The Labute approximate surface area is 154 Å². The molecular weight excluding hydrogens is 328 g/mol. The number of amides is 1. The first-order valence-corrected chi connectivity index (χ1v) is 8.99. The number of nitrogens with one attached hydrogen (secondary N) is 1. The zero-order valence-electron chi connectivity index (χ0n) is 15.9. The van der Waals surface area contributed by atoms with Crippen LogP contribution < -0.4 is 14.8 Å². The fourth-order valence-electron chi connectivity index (χ4n) is 2.86. The molecule has 0 aliphatic carbocycles. The van der Waals surface area contributed by atoms with Crippen molar-refractivity contribution in [3.05, 3.63) is 47.3 Å². The van der Waals surface area contributed by atoms with Crippen LogP contribution in [0.2, 0.25) is 0 Å². The Morgan fingerprint density at radius 2 is 1.85 bits per heavy atom. The lowest BCUT2D eigenvalue weighted by Crippen LogP contribution is -2.17. The van der Waals surface area contributed by atoms with E-state index in [-0.39, 0.29) is 11.3 Å². The fraction of sp³-hybridized carbons (Fsp3) is 0.429. The lowest BCUT2D eigenvalue weighted by molar-refractivity contribution is -0.116. The quantitative estimate of drug-likeness (QED) is 0.900. The lowest BCUT2D eigenvalue weighted by Gasteiger charge is -2.19. The molecule has 0 radical (unpaired) electrons. The number of ether oxygens (including phenoxy) is 2. The molecule has 26 heavy (non-hydrogen) atoms. The number of nitrogens with zero attached hydrogens (tertiary/aromatic N) is 1. The van der Waals surface area contributed by atoms with Crippen LogP contribution in [0.25, 0.3) is 0 Å². The summed E-state index contributed by atoms with van der Waals surface area (Å²) in [5.41, 5.74) is 3.91. The molecule has 2 heterocycles. The van der Waals surface area contributed by atoms with Gasteiger partial charge in [0, 0.05) is 35.0 Å². The highest BCUT2D eigenvalue weighted by Crippen LogP contribution is 2.32. The van der Waals surface area contributed by atoms with Gasteiger partial charge in [-0.15, -0.1) is 0 Å². The van der Waals surface area contributed by atoms with Gasteiger partial charge in [-0.2, -0.15) is 0 Å². The first-order chi connectivity index (χ1) is 12.3. The van der Waals surface area contributed by atoms with Crippen molar-refractivity contribution in [1.29, 1.82) is 0 Å². The predicted octanol–water partition coefficient (Wildman–Crippen LogP) is 4.03. The number of hydrogen-bond donors (Lipinski definition) is 1. The maximum Gasteiger partial charge on any atom is 0.224 e. The maximum absolute atomic E-state index is 12.3. The predicted molar refractivity (Wildman–Crippen MR) is 102 cm³/mol. The van der Waals surface area contributed by atoms with Gasteiger partial charge in [0.15, 0.2) is 11.5 Å². The first-order valence-electron chi connectivity index (χ1n) is 8.99. The SMILES string of the molecule is Cc1nc(C(C)(C)C)ccc1CCC(=O)Nc1ccc2c(c1)OCCO2. The first kappa shape index (κ1) is 18.2. The van der Waals surface area contributed by atoms with Crippen molar-refractivity contribution in [2.45, 2.75) is 46.0 Å². The molecule has 2 aromatic rings. The summed E-state index contributed by atoms with van der Waals surface area (Å²) >= 11 is 0. The zero-order valence-corrected chi connectivity index (χ0v) is 15.9. The number of pyridine rings is 1. The zero-order chi connectivity index (χ0) is 18.7. The number of aryl methyl sites for hydroxylation is 2. The van der Waals surface area contributed by atoms with Crippen molar-refractivity contribution in [3.8, 4) is 11.5 Å². The molecule has 0 spiro atoms. The molecular formula is C21H26N2O3. The van der Waals surface area contributed by atoms with Crippen LogP contribution in [0.4, 0.5) is 5.69 Å². The third kappa shape index (κ3) is 4.34. The molecule has 1 aliphatic heterocycles. The topological polar surface area (TPSA) is 60.5 Å². The average Bonchev–Trinajstić information content (AvgIpc) is 2.59. The lowest BCUT2D eigenvalue weighted by atomic mass is 9.91. The number of anilines is 1. The largest absolute Gasteiger partial charge is 0.486 e. The molecule has 5 nitrogen and oxygen atoms in total. The number of carbonyl (C=O) groups excluding carboxylic acids is 1. The van der Waals surface area contributed by atoms with Crippen molar-refractivity contribution in [3.63, 3.8) is 0 Å². The van der Waals surface area contributed by atoms with Gasteiger partial charge in [-0.25, -0.2) is 0 Å². The van der Waals surface area contributed by atoms with Crippen LogP contribution in [-0.2, 0) is 16.6 Å². The van der Waals surface area contributed by atoms with Crippen LogP contribution in [-0.4, -0.2) is 24.1 Å². The van der Waals surface area contributed by atoms with E-state index in [9.17, 15) is 4.79 Å².